The summed E-state index contributed by atoms with van der Waals surface area (Å²) in [4.78, 5) is 0. The fourth-order valence-corrected chi connectivity index (χ4v) is 1.95. The zero-order valence-electron chi connectivity index (χ0n) is 11.4. The molecule has 0 aliphatic rings. The van der Waals surface area contributed by atoms with Crippen molar-refractivity contribution >= 4 is 30.3 Å². The van der Waals surface area contributed by atoms with Crippen molar-refractivity contribution in [1.29, 1.82) is 0 Å². The molecule has 112 valence electrons. The van der Waals surface area contributed by atoms with Crippen molar-refractivity contribution in [2.24, 2.45) is 5.10 Å². The van der Waals surface area contributed by atoms with Gasteiger partial charge in [0.2, 0.25) is 0 Å². The van der Waals surface area contributed by atoms with Crippen LogP contribution in [0.4, 0.5) is 13.2 Å². The second-order valence-electron chi connectivity index (χ2n) is 4.89. The second-order valence-corrected chi connectivity index (χ2v) is 6.96. The normalized spacial score (nSPS) is 14.1. The van der Waals surface area contributed by atoms with Gasteiger partial charge in [0.25, 0.3) is 0 Å². The van der Waals surface area contributed by atoms with E-state index in [1.807, 2.05) is 20.8 Å². The van der Waals surface area contributed by atoms with Crippen LogP contribution in [0.15, 0.2) is 15.8 Å². The first-order chi connectivity index (χ1) is 8.46. The van der Waals surface area contributed by atoms with Gasteiger partial charge in [-0.25, -0.2) is 0 Å². The summed E-state index contributed by atoms with van der Waals surface area (Å²) in [5.74, 6) is 0. The molecular formula is C11H19ClF3N3S. The summed E-state index contributed by atoms with van der Waals surface area (Å²) < 4.78 is 40.3. The predicted octanol–water partition coefficient (Wildman–Crippen LogP) is 3.97. The maximum Gasteiger partial charge on any atom is 0.392 e. The Kier molecular flexibility index (Phi) is 7.24. The Bertz CT molecular complexity index is 337. The summed E-state index contributed by atoms with van der Waals surface area (Å²) in [5.41, 5.74) is 0.0285. The van der Waals surface area contributed by atoms with Crippen LogP contribution >= 0.6 is 23.5 Å². The Morgan fingerprint density at radius 3 is 2.26 bits per heavy atom. The van der Waals surface area contributed by atoms with Gasteiger partial charge in [-0.15, -0.1) is 0 Å². The van der Waals surface area contributed by atoms with Gasteiger partial charge >= 0.3 is 6.18 Å². The maximum absolute atomic E-state index is 12.5. The van der Waals surface area contributed by atoms with Crippen LogP contribution in [0, 0.1) is 0 Å². The van der Waals surface area contributed by atoms with E-state index in [1.54, 1.807) is 0 Å². The molecule has 0 rings (SSSR count). The molecule has 0 aliphatic carbocycles. The molecule has 3 nitrogen and oxygen atoms in total. The average molecular weight is 318 g/mol. The lowest BCUT2D eigenvalue weighted by Crippen LogP contribution is -2.23. The first-order valence-corrected chi connectivity index (χ1v) is 6.71. The van der Waals surface area contributed by atoms with Gasteiger partial charge in [0.1, 0.15) is 5.16 Å². The van der Waals surface area contributed by atoms with Crippen molar-refractivity contribution in [2.75, 3.05) is 13.6 Å². The number of rotatable bonds is 6. The third-order valence-electron chi connectivity index (χ3n) is 1.87. The van der Waals surface area contributed by atoms with E-state index in [2.05, 4.69) is 16.5 Å². The van der Waals surface area contributed by atoms with Gasteiger partial charge in [-0.1, -0.05) is 23.5 Å². The largest absolute Gasteiger partial charge is 0.392 e. The minimum Gasteiger partial charge on any atom is -0.259 e. The van der Waals surface area contributed by atoms with Crippen LogP contribution in [0.1, 0.15) is 27.2 Å². The molecule has 0 fully saturated rings. The summed E-state index contributed by atoms with van der Waals surface area (Å²) in [6.07, 6.45) is -5.39. The minimum atomic E-state index is -4.31. The molecule has 0 radical (unpaired) electrons. The molecule has 0 aromatic carbocycles. The van der Waals surface area contributed by atoms with Gasteiger partial charge in [0.05, 0.1) is 6.42 Å². The molecule has 0 aromatic heterocycles. The molecule has 1 N–H and O–H groups in total. The Morgan fingerprint density at radius 2 is 1.89 bits per heavy atom. The zero-order valence-corrected chi connectivity index (χ0v) is 13.0. The predicted molar refractivity (Wildman–Crippen MR) is 76.2 cm³/mol. The van der Waals surface area contributed by atoms with Crippen molar-refractivity contribution in [3.05, 3.63) is 10.7 Å². The Morgan fingerprint density at radius 1 is 1.37 bits per heavy atom. The summed E-state index contributed by atoms with van der Waals surface area (Å²) in [6, 6.07) is 0. The topological polar surface area (TPSA) is 27.6 Å². The molecule has 19 heavy (non-hydrogen) atoms. The SMILES string of the molecule is C=NN(C)/C(Cl)=C(/CNSC(C)(C)C)CC(F)(F)F. The van der Waals surface area contributed by atoms with E-state index in [0.29, 0.717) is 0 Å². The number of nitrogens with one attached hydrogen (secondary N) is 1. The second kappa shape index (κ2) is 7.40. The van der Waals surface area contributed by atoms with E-state index in [4.69, 9.17) is 11.6 Å². The molecule has 0 aliphatic heterocycles. The number of hydrogen-bond acceptors (Lipinski definition) is 4. The molecule has 0 unspecified atom stereocenters. The number of hydrogen-bond donors (Lipinski definition) is 1. The van der Waals surface area contributed by atoms with Gasteiger partial charge in [0.15, 0.2) is 0 Å². The number of hydrazone groups is 1. The highest BCUT2D eigenvalue weighted by Gasteiger charge is 2.30. The molecule has 0 saturated carbocycles. The van der Waals surface area contributed by atoms with Crippen LogP contribution < -0.4 is 4.72 Å². The molecule has 0 atom stereocenters. The molecule has 0 amide bonds. The molecule has 0 spiro atoms. The van der Waals surface area contributed by atoms with Gasteiger partial charge in [-0.3, -0.25) is 9.73 Å². The lowest BCUT2D eigenvalue weighted by Gasteiger charge is -2.21. The Labute approximate surface area is 121 Å². The van der Waals surface area contributed by atoms with Crippen molar-refractivity contribution in [3.8, 4) is 0 Å². The molecule has 0 bridgehead atoms. The number of alkyl halides is 3. The first-order valence-electron chi connectivity index (χ1n) is 5.52. The highest BCUT2D eigenvalue weighted by molar-refractivity contribution is 7.98. The van der Waals surface area contributed by atoms with Crippen LogP contribution in [0.25, 0.3) is 0 Å². The van der Waals surface area contributed by atoms with Crippen molar-refractivity contribution in [3.63, 3.8) is 0 Å². The highest BCUT2D eigenvalue weighted by atomic mass is 35.5. The van der Waals surface area contributed by atoms with Crippen LogP contribution in [-0.2, 0) is 0 Å². The Balaban J connectivity index is 4.83. The van der Waals surface area contributed by atoms with Crippen molar-refractivity contribution in [1.82, 2.24) is 9.73 Å². The van der Waals surface area contributed by atoms with Gasteiger partial charge in [0, 0.05) is 25.1 Å². The number of nitrogens with zero attached hydrogens (tertiary/aromatic N) is 2. The molecular weight excluding hydrogens is 299 g/mol. The van der Waals surface area contributed by atoms with E-state index in [9.17, 15) is 13.2 Å². The van der Waals surface area contributed by atoms with E-state index in [1.165, 1.54) is 19.0 Å². The van der Waals surface area contributed by atoms with E-state index in [0.717, 1.165) is 5.01 Å². The molecule has 0 saturated heterocycles. The third kappa shape index (κ3) is 9.18. The minimum absolute atomic E-state index is 0.0279. The standard InChI is InChI=1S/C11H19ClF3N3S/c1-10(2,3)19-17-7-8(6-11(13,14)15)9(12)18(5)16-4/h17H,4,6-7H2,1-3,5H3/b9-8+. The maximum atomic E-state index is 12.5. The summed E-state index contributed by atoms with van der Waals surface area (Å²) in [7, 11) is 1.45. The lowest BCUT2D eigenvalue weighted by atomic mass is 10.2. The quantitative estimate of drug-likeness (QED) is 0.347. The first kappa shape index (κ1) is 18.6. The summed E-state index contributed by atoms with van der Waals surface area (Å²) >= 11 is 7.23. The lowest BCUT2D eigenvalue weighted by molar-refractivity contribution is -0.127. The molecule has 8 heteroatoms. The monoisotopic (exact) mass is 317 g/mol. The van der Waals surface area contributed by atoms with Gasteiger partial charge in [-0.05, 0) is 26.3 Å². The fraction of sp³-hybridized carbons (Fsp3) is 0.727. The van der Waals surface area contributed by atoms with Gasteiger partial charge in [-0.2, -0.15) is 18.3 Å². The van der Waals surface area contributed by atoms with Crippen molar-refractivity contribution < 1.29 is 13.2 Å². The van der Waals surface area contributed by atoms with Crippen LogP contribution in [0.5, 0.6) is 0 Å². The fourth-order valence-electron chi connectivity index (χ4n) is 1.08. The van der Waals surface area contributed by atoms with E-state index >= 15 is 0 Å². The van der Waals surface area contributed by atoms with E-state index < -0.39 is 12.6 Å². The van der Waals surface area contributed by atoms with Crippen LogP contribution in [-0.4, -0.2) is 36.2 Å². The van der Waals surface area contributed by atoms with Crippen LogP contribution in [0.2, 0.25) is 0 Å². The van der Waals surface area contributed by atoms with Crippen LogP contribution in [0.3, 0.4) is 0 Å². The number of halogens is 4. The molecule has 0 aromatic rings. The smallest absolute Gasteiger partial charge is 0.259 e. The third-order valence-corrected chi connectivity index (χ3v) is 3.28. The zero-order chi connectivity index (χ0) is 15.3. The highest BCUT2D eigenvalue weighted by Crippen LogP contribution is 2.29. The average Bonchev–Trinajstić information content (AvgIpc) is 2.22. The van der Waals surface area contributed by atoms with Crippen molar-refractivity contribution in [2.45, 2.75) is 38.1 Å². The van der Waals surface area contributed by atoms with E-state index in [-0.39, 0.29) is 22.0 Å². The molecule has 0 heterocycles. The summed E-state index contributed by atoms with van der Waals surface area (Å²) in [5, 5.41) is 4.54. The summed E-state index contributed by atoms with van der Waals surface area (Å²) in [6.45, 7) is 9.12. The Hall–Kier alpha value is -0.400. The van der Waals surface area contributed by atoms with Gasteiger partial charge < -0.3 is 0 Å².